The number of carbonyl (C=O) groups is 2. The molecule has 0 fully saturated rings. The topological polar surface area (TPSA) is 92.4 Å². The molecule has 0 atom stereocenters. The molecule has 2 rings (SSSR count). The van der Waals surface area contributed by atoms with Gasteiger partial charge in [-0.25, -0.2) is 9.18 Å². The molecular formula is C15H13FN2O3. The predicted molar refractivity (Wildman–Crippen MR) is 75.6 cm³/mol. The molecule has 0 aliphatic carbocycles. The van der Waals surface area contributed by atoms with Gasteiger partial charge in [-0.1, -0.05) is 12.1 Å². The van der Waals surface area contributed by atoms with Gasteiger partial charge in [-0.15, -0.1) is 0 Å². The summed E-state index contributed by atoms with van der Waals surface area (Å²) in [7, 11) is 0. The molecule has 5 nitrogen and oxygen atoms in total. The van der Waals surface area contributed by atoms with Crippen molar-refractivity contribution in [3.8, 4) is 0 Å². The molecule has 0 aliphatic heterocycles. The molecule has 2 aromatic carbocycles. The van der Waals surface area contributed by atoms with Crippen molar-refractivity contribution in [3.05, 3.63) is 65.0 Å². The van der Waals surface area contributed by atoms with E-state index in [-0.39, 0.29) is 17.8 Å². The zero-order valence-corrected chi connectivity index (χ0v) is 11.0. The number of carboxylic acid groups (broad SMARTS) is 1. The maximum atomic E-state index is 13.6. The molecule has 108 valence electrons. The summed E-state index contributed by atoms with van der Waals surface area (Å²) in [5.74, 6) is -2.23. The van der Waals surface area contributed by atoms with Gasteiger partial charge in [0.25, 0.3) is 0 Å². The lowest BCUT2D eigenvalue weighted by molar-refractivity contribution is 0.0696. The maximum Gasteiger partial charge on any atom is 0.335 e. The minimum atomic E-state index is -1.13. The minimum Gasteiger partial charge on any atom is -0.478 e. The summed E-state index contributed by atoms with van der Waals surface area (Å²) in [5.41, 5.74) is 6.34. The summed E-state index contributed by atoms with van der Waals surface area (Å²) in [4.78, 5) is 21.9. The van der Waals surface area contributed by atoms with Gasteiger partial charge in [0.1, 0.15) is 5.82 Å². The average Bonchev–Trinajstić information content (AvgIpc) is 2.46. The highest BCUT2D eigenvalue weighted by atomic mass is 19.1. The van der Waals surface area contributed by atoms with Gasteiger partial charge in [0, 0.05) is 12.1 Å². The fourth-order valence-corrected chi connectivity index (χ4v) is 1.83. The smallest absolute Gasteiger partial charge is 0.335 e. The van der Waals surface area contributed by atoms with Crippen molar-refractivity contribution in [1.29, 1.82) is 0 Å². The van der Waals surface area contributed by atoms with Crippen LogP contribution in [-0.2, 0) is 6.54 Å². The van der Waals surface area contributed by atoms with Crippen molar-refractivity contribution in [2.45, 2.75) is 6.54 Å². The lowest BCUT2D eigenvalue weighted by Crippen LogP contribution is -2.11. The summed E-state index contributed by atoms with van der Waals surface area (Å²) >= 11 is 0. The van der Waals surface area contributed by atoms with E-state index in [4.69, 9.17) is 10.8 Å². The van der Waals surface area contributed by atoms with Crippen LogP contribution in [0.1, 0.15) is 26.3 Å². The van der Waals surface area contributed by atoms with Crippen LogP contribution in [0, 0.1) is 5.82 Å². The third kappa shape index (κ3) is 3.56. The second-order valence-electron chi connectivity index (χ2n) is 4.42. The van der Waals surface area contributed by atoms with Gasteiger partial charge in [-0.3, -0.25) is 4.79 Å². The van der Waals surface area contributed by atoms with Crippen molar-refractivity contribution < 1.29 is 19.1 Å². The Morgan fingerprint density at radius 2 is 1.90 bits per heavy atom. The van der Waals surface area contributed by atoms with Gasteiger partial charge in [0.15, 0.2) is 0 Å². The largest absolute Gasteiger partial charge is 0.478 e. The first kappa shape index (κ1) is 14.5. The number of rotatable bonds is 5. The number of nitrogens with two attached hydrogens (primary N) is 1. The van der Waals surface area contributed by atoms with Gasteiger partial charge >= 0.3 is 5.97 Å². The Hall–Kier alpha value is -2.89. The van der Waals surface area contributed by atoms with E-state index in [0.717, 1.165) is 11.6 Å². The number of carbonyl (C=O) groups excluding carboxylic acids is 1. The van der Waals surface area contributed by atoms with E-state index in [0.29, 0.717) is 5.56 Å². The molecule has 6 heteroatoms. The van der Waals surface area contributed by atoms with Crippen molar-refractivity contribution in [2.75, 3.05) is 5.32 Å². The first-order chi connectivity index (χ1) is 9.97. The van der Waals surface area contributed by atoms with E-state index in [9.17, 15) is 14.0 Å². The van der Waals surface area contributed by atoms with Crippen LogP contribution in [0.3, 0.4) is 0 Å². The number of anilines is 1. The molecule has 2 aromatic rings. The van der Waals surface area contributed by atoms with E-state index in [2.05, 4.69) is 5.32 Å². The quantitative estimate of drug-likeness (QED) is 0.786. The SMILES string of the molecule is NC(=O)c1cccc(CNc2cc(C(=O)O)ccc2F)c1. The Morgan fingerprint density at radius 3 is 2.57 bits per heavy atom. The predicted octanol–water partition coefficient (Wildman–Crippen LogP) is 2.23. The summed E-state index contributed by atoms with van der Waals surface area (Å²) < 4.78 is 13.6. The first-order valence-electron chi connectivity index (χ1n) is 6.13. The lowest BCUT2D eigenvalue weighted by Gasteiger charge is -2.09. The van der Waals surface area contributed by atoms with Crippen LogP contribution in [-0.4, -0.2) is 17.0 Å². The van der Waals surface area contributed by atoms with Crippen LogP contribution >= 0.6 is 0 Å². The Labute approximate surface area is 120 Å². The average molecular weight is 288 g/mol. The molecule has 0 saturated carbocycles. The van der Waals surface area contributed by atoms with E-state index in [1.54, 1.807) is 24.3 Å². The number of halogens is 1. The molecule has 1 amide bonds. The fraction of sp³-hybridized carbons (Fsp3) is 0.0667. The van der Waals surface area contributed by atoms with Crippen molar-refractivity contribution in [3.63, 3.8) is 0 Å². The number of carboxylic acids is 1. The molecule has 0 radical (unpaired) electrons. The first-order valence-corrected chi connectivity index (χ1v) is 6.13. The number of primary amides is 1. The van der Waals surface area contributed by atoms with E-state index in [1.807, 2.05) is 0 Å². The Balaban J connectivity index is 2.16. The second-order valence-corrected chi connectivity index (χ2v) is 4.42. The highest BCUT2D eigenvalue weighted by molar-refractivity contribution is 5.93. The molecule has 0 bridgehead atoms. The third-order valence-corrected chi connectivity index (χ3v) is 2.91. The van der Waals surface area contributed by atoms with Crippen LogP contribution in [0.25, 0.3) is 0 Å². The van der Waals surface area contributed by atoms with Crippen LogP contribution < -0.4 is 11.1 Å². The lowest BCUT2D eigenvalue weighted by atomic mass is 10.1. The zero-order valence-electron chi connectivity index (χ0n) is 11.0. The minimum absolute atomic E-state index is 0.00946. The van der Waals surface area contributed by atoms with Crippen molar-refractivity contribution in [1.82, 2.24) is 0 Å². The fourth-order valence-electron chi connectivity index (χ4n) is 1.83. The number of amides is 1. The summed E-state index contributed by atoms with van der Waals surface area (Å²) in [6, 6.07) is 10.1. The number of benzene rings is 2. The Bertz CT molecular complexity index is 701. The second kappa shape index (κ2) is 6.04. The van der Waals surface area contributed by atoms with Crippen LogP contribution in [0.2, 0.25) is 0 Å². The summed E-state index contributed by atoms with van der Waals surface area (Å²) in [6.45, 7) is 0.237. The third-order valence-electron chi connectivity index (χ3n) is 2.91. The zero-order chi connectivity index (χ0) is 15.4. The molecule has 21 heavy (non-hydrogen) atoms. The summed E-state index contributed by atoms with van der Waals surface area (Å²) in [5, 5.41) is 11.7. The number of nitrogens with one attached hydrogen (secondary N) is 1. The molecule has 0 aromatic heterocycles. The van der Waals surface area contributed by atoms with Gasteiger partial charge in [0.2, 0.25) is 5.91 Å². The van der Waals surface area contributed by atoms with E-state index >= 15 is 0 Å². The van der Waals surface area contributed by atoms with Gasteiger partial charge in [-0.2, -0.15) is 0 Å². The molecule has 0 spiro atoms. The molecule has 4 N–H and O–H groups in total. The van der Waals surface area contributed by atoms with Crippen molar-refractivity contribution >= 4 is 17.6 Å². The Kier molecular flexibility index (Phi) is 4.18. The van der Waals surface area contributed by atoms with Gasteiger partial charge in [0.05, 0.1) is 11.3 Å². The van der Waals surface area contributed by atoms with E-state index in [1.165, 1.54) is 12.1 Å². The Morgan fingerprint density at radius 1 is 1.14 bits per heavy atom. The molecule has 0 aliphatic rings. The highest BCUT2D eigenvalue weighted by Gasteiger charge is 2.08. The van der Waals surface area contributed by atoms with Gasteiger partial charge in [-0.05, 0) is 35.9 Å². The van der Waals surface area contributed by atoms with E-state index < -0.39 is 17.7 Å². The number of hydrogen-bond donors (Lipinski definition) is 3. The molecule has 0 heterocycles. The standard InChI is InChI=1S/C15H13FN2O3/c16-12-5-4-11(15(20)21)7-13(12)18-8-9-2-1-3-10(6-9)14(17)19/h1-7,18H,8H2,(H2,17,19)(H,20,21). The summed E-state index contributed by atoms with van der Waals surface area (Å²) in [6.07, 6.45) is 0. The van der Waals surface area contributed by atoms with Crippen LogP contribution in [0.5, 0.6) is 0 Å². The molecule has 0 unspecified atom stereocenters. The normalized spacial score (nSPS) is 10.1. The number of hydrogen-bond acceptors (Lipinski definition) is 3. The van der Waals surface area contributed by atoms with Crippen molar-refractivity contribution in [2.24, 2.45) is 5.73 Å². The molecule has 0 saturated heterocycles. The monoisotopic (exact) mass is 288 g/mol. The van der Waals surface area contributed by atoms with Crippen LogP contribution in [0.4, 0.5) is 10.1 Å². The van der Waals surface area contributed by atoms with Gasteiger partial charge < -0.3 is 16.2 Å². The highest BCUT2D eigenvalue weighted by Crippen LogP contribution is 2.17. The maximum absolute atomic E-state index is 13.6. The van der Waals surface area contributed by atoms with Crippen LogP contribution in [0.15, 0.2) is 42.5 Å². The molecular weight excluding hydrogens is 275 g/mol. The number of aromatic carboxylic acids is 1.